The highest BCUT2D eigenvalue weighted by Gasteiger charge is 2.36. The number of carboxylic acid groups (broad SMARTS) is 1. The number of rotatable bonds is 9. The molecule has 1 unspecified atom stereocenters. The molecule has 2 amide bonds. The van der Waals surface area contributed by atoms with Gasteiger partial charge in [0.15, 0.2) is 0 Å². The maximum absolute atomic E-state index is 13.7. The molecule has 3 aliphatic rings. The van der Waals surface area contributed by atoms with Crippen LogP contribution in [0.3, 0.4) is 0 Å². The predicted molar refractivity (Wildman–Crippen MR) is 127 cm³/mol. The molecule has 0 radical (unpaired) electrons. The number of nitrogens with one attached hydrogen (secondary N) is 2. The van der Waals surface area contributed by atoms with Gasteiger partial charge in [0.2, 0.25) is 11.8 Å². The fourth-order valence-corrected chi connectivity index (χ4v) is 5.98. The molecule has 0 aromatic heterocycles. The number of anilines is 1. The topological polar surface area (TPSA) is 98.7 Å². The number of amides is 2. The lowest BCUT2D eigenvalue weighted by atomic mass is 9.79. The molecular formula is C26H37N3O4. The molecule has 0 bridgehead atoms. The zero-order chi connectivity index (χ0) is 23.2. The summed E-state index contributed by atoms with van der Waals surface area (Å²) in [5, 5.41) is 15.5. The molecule has 2 aliphatic heterocycles. The summed E-state index contributed by atoms with van der Waals surface area (Å²) in [4.78, 5) is 39.0. The number of carbonyl (C=O) groups excluding carboxylic acids is 2. The largest absolute Gasteiger partial charge is 0.481 e. The monoisotopic (exact) mass is 455 g/mol. The van der Waals surface area contributed by atoms with Crippen LogP contribution in [-0.4, -0.2) is 54.0 Å². The SMILES string of the molecule is O=C(O)CCCN(C[C@@H]1CNC[C@@H]1CC1CCCCC1)C(=O)C1CC(=O)Nc2ccccc21. The Balaban J connectivity index is 1.48. The summed E-state index contributed by atoms with van der Waals surface area (Å²) in [5.41, 5.74) is 1.56. The minimum atomic E-state index is -0.845. The van der Waals surface area contributed by atoms with Gasteiger partial charge in [-0.2, -0.15) is 0 Å². The molecule has 0 spiro atoms. The molecule has 1 aliphatic carbocycles. The molecule has 1 saturated heterocycles. The zero-order valence-corrected chi connectivity index (χ0v) is 19.4. The van der Waals surface area contributed by atoms with E-state index in [1.807, 2.05) is 29.2 Å². The fraction of sp³-hybridized carbons (Fsp3) is 0.654. The molecule has 33 heavy (non-hydrogen) atoms. The van der Waals surface area contributed by atoms with E-state index in [1.54, 1.807) is 0 Å². The molecular weight excluding hydrogens is 418 g/mol. The Labute approximate surface area is 196 Å². The summed E-state index contributed by atoms with van der Waals surface area (Å²) < 4.78 is 0. The van der Waals surface area contributed by atoms with E-state index in [-0.39, 0.29) is 24.7 Å². The second-order valence-electron chi connectivity index (χ2n) is 10.1. The Morgan fingerprint density at radius 1 is 1.06 bits per heavy atom. The molecule has 4 rings (SSSR count). The minimum Gasteiger partial charge on any atom is -0.481 e. The molecule has 1 aromatic rings. The summed E-state index contributed by atoms with van der Waals surface area (Å²) in [6.45, 7) is 2.93. The smallest absolute Gasteiger partial charge is 0.303 e. The number of aliphatic carboxylic acids is 1. The van der Waals surface area contributed by atoms with Gasteiger partial charge in [-0.25, -0.2) is 0 Å². The first kappa shape index (κ1) is 23.7. The van der Waals surface area contributed by atoms with Gasteiger partial charge in [0.25, 0.3) is 0 Å². The van der Waals surface area contributed by atoms with Gasteiger partial charge in [-0.1, -0.05) is 50.3 Å². The van der Waals surface area contributed by atoms with Crippen molar-refractivity contribution in [1.29, 1.82) is 0 Å². The standard InChI is InChI=1S/C26H37N3O4/c30-24-14-22(21-9-4-5-10-23(21)28-24)26(33)29(12-6-11-25(31)32)17-20-16-27-15-19(20)13-18-7-2-1-3-8-18/h4-5,9-10,18-20,22,27H,1-3,6-8,11-17H2,(H,28,30)(H,31,32)/t19-,20-,22?/m0/s1. The van der Waals surface area contributed by atoms with E-state index < -0.39 is 11.9 Å². The van der Waals surface area contributed by atoms with Crippen LogP contribution in [0.4, 0.5) is 5.69 Å². The quantitative estimate of drug-likeness (QED) is 0.528. The molecule has 1 aromatic carbocycles. The molecule has 2 heterocycles. The van der Waals surface area contributed by atoms with Crippen molar-refractivity contribution in [2.45, 2.75) is 63.7 Å². The third-order valence-corrected chi connectivity index (χ3v) is 7.72. The van der Waals surface area contributed by atoms with E-state index in [0.29, 0.717) is 37.0 Å². The third-order valence-electron chi connectivity index (χ3n) is 7.72. The summed E-state index contributed by atoms with van der Waals surface area (Å²) in [5.74, 6) is 0.157. The number of hydrogen-bond acceptors (Lipinski definition) is 4. The van der Waals surface area contributed by atoms with Gasteiger partial charge < -0.3 is 20.6 Å². The minimum absolute atomic E-state index is 0.0416. The van der Waals surface area contributed by atoms with E-state index in [0.717, 1.165) is 24.6 Å². The van der Waals surface area contributed by atoms with Crippen LogP contribution in [0.25, 0.3) is 0 Å². The average molecular weight is 456 g/mol. The van der Waals surface area contributed by atoms with Crippen molar-refractivity contribution >= 4 is 23.5 Å². The van der Waals surface area contributed by atoms with Crippen LogP contribution in [0, 0.1) is 17.8 Å². The number of hydrogen-bond donors (Lipinski definition) is 3. The number of nitrogens with zero attached hydrogens (tertiary/aromatic N) is 1. The molecule has 7 nitrogen and oxygen atoms in total. The molecule has 3 N–H and O–H groups in total. The lowest BCUT2D eigenvalue weighted by Crippen LogP contribution is -2.43. The van der Waals surface area contributed by atoms with Gasteiger partial charge in [-0.05, 0) is 55.3 Å². The number of carboxylic acids is 1. The van der Waals surface area contributed by atoms with Crippen LogP contribution in [0.5, 0.6) is 0 Å². The fourth-order valence-electron chi connectivity index (χ4n) is 5.98. The second-order valence-corrected chi connectivity index (χ2v) is 10.1. The van der Waals surface area contributed by atoms with E-state index in [1.165, 1.54) is 38.5 Å². The lowest BCUT2D eigenvalue weighted by Gasteiger charge is -2.34. The van der Waals surface area contributed by atoms with Crippen molar-refractivity contribution in [1.82, 2.24) is 10.2 Å². The van der Waals surface area contributed by atoms with Crippen molar-refractivity contribution in [3.63, 3.8) is 0 Å². The third kappa shape index (κ3) is 6.14. The Bertz CT molecular complexity index is 852. The Morgan fingerprint density at radius 2 is 1.82 bits per heavy atom. The molecule has 180 valence electrons. The van der Waals surface area contributed by atoms with E-state index >= 15 is 0 Å². The van der Waals surface area contributed by atoms with Crippen molar-refractivity contribution < 1.29 is 19.5 Å². The van der Waals surface area contributed by atoms with E-state index in [9.17, 15) is 14.4 Å². The molecule has 3 atom stereocenters. The van der Waals surface area contributed by atoms with Crippen LogP contribution in [0.1, 0.15) is 69.3 Å². The molecule has 7 heteroatoms. The van der Waals surface area contributed by atoms with Crippen LogP contribution in [-0.2, 0) is 14.4 Å². The highest BCUT2D eigenvalue weighted by Crippen LogP contribution is 2.36. The summed E-state index contributed by atoms with van der Waals surface area (Å²) in [7, 11) is 0. The number of fused-ring (bicyclic) bond motifs is 1. The highest BCUT2D eigenvalue weighted by molar-refractivity contribution is 6.01. The van der Waals surface area contributed by atoms with Crippen LogP contribution >= 0.6 is 0 Å². The van der Waals surface area contributed by atoms with E-state index in [4.69, 9.17) is 5.11 Å². The maximum Gasteiger partial charge on any atom is 0.303 e. The van der Waals surface area contributed by atoms with Crippen molar-refractivity contribution in [3.8, 4) is 0 Å². The van der Waals surface area contributed by atoms with E-state index in [2.05, 4.69) is 10.6 Å². The van der Waals surface area contributed by atoms with Crippen molar-refractivity contribution in [3.05, 3.63) is 29.8 Å². The average Bonchev–Trinajstić information content (AvgIpc) is 3.24. The van der Waals surface area contributed by atoms with Gasteiger partial charge >= 0.3 is 5.97 Å². The number of benzene rings is 1. The first-order chi connectivity index (χ1) is 16.0. The normalized spacial score (nSPS) is 25.3. The summed E-state index contributed by atoms with van der Waals surface area (Å²) >= 11 is 0. The summed E-state index contributed by atoms with van der Waals surface area (Å²) in [6, 6.07) is 7.50. The summed E-state index contributed by atoms with van der Waals surface area (Å²) in [6.07, 6.45) is 8.47. The Hall–Kier alpha value is -2.41. The Morgan fingerprint density at radius 3 is 2.61 bits per heavy atom. The highest BCUT2D eigenvalue weighted by atomic mass is 16.4. The van der Waals surface area contributed by atoms with Crippen LogP contribution in [0.2, 0.25) is 0 Å². The van der Waals surface area contributed by atoms with Gasteiger partial charge in [-0.3, -0.25) is 14.4 Å². The van der Waals surface area contributed by atoms with Crippen molar-refractivity contribution in [2.75, 3.05) is 31.5 Å². The van der Waals surface area contributed by atoms with Crippen LogP contribution in [0.15, 0.2) is 24.3 Å². The van der Waals surface area contributed by atoms with Gasteiger partial charge in [0, 0.05) is 31.6 Å². The second kappa shape index (κ2) is 11.1. The molecule has 1 saturated carbocycles. The van der Waals surface area contributed by atoms with Gasteiger partial charge in [0.1, 0.15) is 0 Å². The van der Waals surface area contributed by atoms with Crippen molar-refractivity contribution in [2.24, 2.45) is 17.8 Å². The number of carbonyl (C=O) groups is 3. The van der Waals surface area contributed by atoms with Crippen LogP contribution < -0.4 is 10.6 Å². The Kier molecular flexibility index (Phi) is 8.02. The maximum atomic E-state index is 13.7. The van der Waals surface area contributed by atoms with Gasteiger partial charge in [0.05, 0.1) is 5.92 Å². The number of para-hydroxylation sites is 1. The zero-order valence-electron chi connectivity index (χ0n) is 19.4. The predicted octanol–water partition coefficient (Wildman–Crippen LogP) is 3.61. The lowest BCUT2D eigenvalue weighted by molar-refractivity contribution is -0.139. The molecule has 2 fully saturated rings. The first-order valence-electron chi connectivity index (χ1n) is 12.6. The van der Waals surface area contributed by atoms with Gasteiger partial charge in [-0.15, -0.1) is 0 Å². The first-order valence-corrected chi connectivity index (χ1v) is 12.6.